The molecule has 4 nitrogen and oxygen atoms in total. The Kier molecular flexibility index (Phi) is 6.33. The summed E-state index contributed by atoms with van der Waals surface area (Å²) in [6.45, 7) is 4.46. The first kappa shape index (κ1) is 15.2. The van der Waals surface area contributed by atoms with E-state index in [1.807, 2.05) is 6.92 Å². The molecule has 0 spiro atoms. The lowest BCUT2D eigenvalue weighted by Gasteiger charge is -2.30. The zero-order chi connectivity index (χ0) is 13.4. The molecule has 0 unspecified atom stereocenters. The van der Waals surface area contributed by atoms with Gasteiger partial charge in [0, 0.05) is 6.61 Å². The first-order valence-corrected chi connectivity index (χ1v) is 6.97. The van der Waals surface area contributed by atoms with Gasteiger partial charge in [0.2, 0.25) is 0 Å². The molecule has 1 rings (SSSR count). The van der Waals surface area contributed by atoms with Crippen molar-refractivity contribution in [3.8, 4) is 0 Å². The highest BCUT2D eigenvalue weighted by Gasteiger charge is 2.39. The predicted octanol–water partition coefficient (Wildman–Crippen LogP) is 2.64. The second kappa shape index (κ2) is 7.52. The Bertz CT molecular complexity index is 278. The van der Waals surface area contributed by atoms with Gasteiger partial charge in [-0.2, -0.15) is 0 Å². The maximum absolute atomic E-state index is 12.3. The SMILES string of the molecule is CCOC(=O)CC(=O)C1(OCC)CCCCCC1. The van der Waals surface area contributed by atoms with E-state index in [1.54, 1.807) is 6.92 Å². The lowest BCUT2D eigenvalue weighted by molar-refractivity contribution is -0.155. The van der Waals surface area contributed by atoms with Crippen molar-refractivity contribution in [1.29, 1.82) is 0 Å². The van der Waals surface area contributed by atoms with Gasteiger partial charge in [-0.05, 0) is 26.7 Å². The maximum Gasteiger partial charge on any atom is 0.313 e. The smallest absolute Gasteiger partial charge is 0.313 e. The van der Waals surface area contributed by atoms with Crippen LogP contribution in [-0.2, 0) is 19.1 Å². The van der Waals surface area contributed by atoms with Crippen LogP contribution in [0.1, 0.15) is 58.8 Å². The van der Waals surface area contributed by atoms with Crippen LogP contribution in [0.2, 0.25) is 0 Å². The molecule has 1 aliphatic carbocycles. The molecule has 0 aliphatic heterocycles. The monoisotopic (exact) mass is 256 g/mol. The number of esters is 1. The van der Waals surface area contributed by atoms with E-state index in [2.05, 4.69) is 0 Å². The number of hydrogen-bond donors (Lipinski definition) is 0. The lowest BCUT2D eigenvalue weighted by atomic mass is 9.87. The van der Waals surface area contributed by atoms with Crippen molar-refractivity contribution in [2.75, 3.05) is 13.2 Å². The molecule has 1 fully saturated rings. The number of ether oxygens (including phenoxy) is 2. The molecule has 4 heteroatoms. The van der Waals surface area contributed by atoms with Gasteiger partial charge in [-0.1, -0.05) is 25.7 Å². The third-order valence-corrected chi connectivity index (χ3v) is 3.45. The predicted molar refractivity (Wildman–Crippen MR) is 68.3 cm³/mol. The van der Waals surface area contributed by atoms with E-state index in [0.29, 0.717) is 13.2 Å². The molecule has 0 radical (unpaired) electrons. The molecule has 0 saturated heterocycles. The lowest BCUT2D eigenvalue weighted by Crippen LogP contribution is -2.42. The standard InChI is InChI=1S/C14H24O4/c1-3-17-13(16)11-12(15)14(18-4-2)9-7-5-6-8-10-14/h3-11H2,1-2H3. The van der Waals surface area contributed by atoms with E-state index in [0.717, 1.165) is 38.5 Å². The van der Waals surface area contributed by atoms with Gasteiger partial charge in [-0.3, -0.25) is 9.59 Å². The van der Waals surface area contributed by atoms with Gasteiger partial charge in [0.25, 0.3) is 0 Å². The molecule has 1 saturated carbocycles. The summed E-state index contributed by atoms with van der Waals surface area (Å²) >= 11 is 0. The normalized spacial score (nSPS) is 19.0. The summed E-state index contributed by atoms with van der Waals surface area (Å²) in [5.74, 6) is -0.546. The Hall–Kier alpha value is -0.900. The third kappa shape index (κ3) is 4.09. The zero-order valence-electron chi connectivity index (χ0n) is 11.5. The molecule has 0 atom stereocenters. The maximum atomic E-state index is 12.3. The van der Waals surface area contributed by atoms with E-state index in [4.69, 9.17) is 9.47 Å². The Morgan fingerprint density at radius 2 is 1.61 bits per heavy atom. The Labute approximate surface area is 109 Å². The van der Waals surface area contributed by atoms with Crippen LogP contribution in [0.15, 0.2) is 0 Å². The topological polar surface area (TPSA) is 52.6 Å². The zero-order valence-corrected chi connectivity index (χ0v) is 11.5. The molecule has 0 amide bonds. The number of hydrogen-bond acceptors (Lipinski definition) is 4. The summed E-state index contributed by atoms with van der Waals surface area (Å²) in [5, 5.41) is 0. The van der Waals surface area contributed by atoms with E-state index in [-0.39, 0.29) is 12.2 Å². The van der Waals surface area contributed by atoms with Crippen LogP contribution in [0.4, 0.5) is 0 Å². The summed E-state index contributed by atoms with van der Waals surface area (Å²) in [4.78, 5) is 23.8. The number of Topliss-reactive ketones (excluding diaryl/α,β-unsaturated/α-hetero) is 1. The molecule has 0 N–H and O–H groups in total. The minimum absolute atomic E-state index is 0.107. The molecular weight excluding hydrogens is 232 g/mol. The van der Waals surface area contributed by atoms with Gasteiger partial charge in [-0.15, -0.1) is 0 Å². The van der Waals surface area contributed by atoms with Crippen LogP contribution < -0.4 is 0 Å². The molecule has 0 aromatic carbocycles. The van der Waals surface area contributed by atoms with Crippen molar-refractivity contribution in [3.63, 3.8) is 0 Å². The Balaban J connectivity index is 2.69. The fourth-order valence-corrected chi connectivity index (χ4v) is 2.58. The molecule has 0 aromatic heterocycles. The van der Waals surface area contributed by atoms with Crippen molar-refractivity contribution in [2.45, 2.75) is 64.4 Å². The molecule has 18 heavy (non-hydrogen) atoms. The summed E-state index contributed by atoms with van der Waals surface area (Å²) < 4.78 is 10.6. The van der Waals surface area contributed by atoms with Gasteiger partial charge in [0.05, 0.1) is 6.61 Å². The van der Waals surface area contributed by atoms with Crippen molar-refractivity contribution < 1.29 is 19.1 Å². The molecule has 0 aromatic rings. The number of carbonyl (C=O) groups excluding carboxylic acids is 2. The second-order valence-corrected chi connectivity index (χ2v) is 4.75. The first-order chi connectivity index (χ1) is 8.64. The summed E-state index contributed by atoms with van der Waals surface area (Å²) in [6.07, 6.45) is 5.58. The van der Waals surface area contributed by atoms with Gasteiger partial charge in [-0.25, -0.2) is 0 Å². The second-order valence-electron chi connectivity index (χ2n) is 4.75. The van der Waals surface area contributed by atoms with Crippen LogP contribution in [0.5, 0.6) is 0 Å². The van der Waals surface area contributed by atoms with Crippen molar-refractivity contribution >= 4 is 11.8 Å². The van der Waals surface area contributed by atoms with Gasteiger partial charge >= 0.3 is 5.97 Å². The van der Waals surface area contributed by atoms with E-state index in [1.165, 1.54) is 0 Å². The van der Waals surface area contributed by atoms with Crippen molar-refractivity contribution in [2.24, 2.45) is 0 Å². The molecule has 0 bridgehead atoms. The fourth-order valence-electron chi connectivity index (χ4n) is 2.58. The quantitative estimate of drug-likeness (QED) is 0.416. The highest BCUT2D eigenvalue weighted by atomic mass is 16.5. The van der Waals surface area contributed by atoms with Gasteiger partial charge in [0.1, 0.15) is 12.0 Å². The minimum atomic E-state index is -0.738. The van der Waals surface area contributed by atoms with Crippen LogP contribution in [-0.4, -0.2) is 30.6 Å². The van der Waals surface area contributed by atoms with Crippen LogP contribution >= 0.6 is 0 Å². The summed E-state index contributed by atoms with van der Waals surface area (Å²) in [6, 6.07) is 0. The number of carbonyl (C=O) groups is 2. The number of ketones is 1. The molecule has 1 aliphatic rings. The van der Waals surface area contributed by atoms with E-state index >= 15 is 0 Å². The highest BCUT2D eigenvalue weighted by molar-refractivity contribution is 6.00. The largest absolute Gasteiger partial charge is 0.466 e. The van der Waals surface area contributed by atoms with Crippen LogP contribution in [0.25, 0.3) is 0 Å². The van der Waals surface area contributed by atoms with Gasteiger partial charge < -0.3 is 9.47 Å². The highest BCUT2D eigenvalue weighted by Crippen LogP contribution is 2.32. The van der Waals surface area contributed by atoms with Gasteiger partial charge in [0.15, 0.2) is 5.78 Å². The summed E-state index contributed by atoms with van der Waals surface area (Å²) in [5.41, 5.74) is -0.738. The Morgan fingerprint density at radius 1 is 1.00 bits per heavy atom. The fraction of sp³-hybridized carbons (Fsp3) is 0.857. The molecule has 0 heterocycles. The van der Waals surface area contributed by atoms with E-state index < -0.39 is 11.6 Å². The summed E-state index contributed by atoms with van der Waals surface area (Å²) in [7, 11) is 0. The Morgan fingerprint density at radius 3 is 2.11 bits per heavy atom. The third-order valence-electron chi connectivity index (χ3n) is 3.45. The van der Waals surface area contributed by atoms with Crippen LogP contribution in [0.3, 0.4) is 0 Å². The van der Waals surface area contributed by atoms with Crippen molar-refractivity contribution in [3.05, 3.63) is 0 Å². The minimum Gasteiger partial charge on any atom is -0.466 e. The molecule has 104 valence electrons. The molecular formula is C14H24O4. The van der Waals surface area contributed by atoms with E-state index in [9.17, 15) is 9.59 Å². The average molecular weight is 256 g/mol. The average Bonchev–Trinajstić information content (AvgIpc) is 2.56. The number of rotatable bonds is 6. The van der Waals surface area contributed by atoms with Crippen LogP contribution in [0, 0.1) is 0 Å². The first-order valence-electron chi connectivity index (χ1n) is 6.97. The van der Waals surface area contributed by atoms with Crippen molar-refractivity contribution in [1.82, 2.24) is 0 Å².